The largest absolute Gasteiger partial charge is 0.486 e. The molecule has 0 spiro atoms. The molecule has 6 nitrogen and oxygen atoms in total. The molecule has 6 heteroatoms. The van der Waals surface area contributed by atoms with E-state index >= 15 is 0 Å². The number of amides is 1. The Morgan fingerprint density at radius 3 is 2.70 bits per heavy atom. The maximum atomic E-state index is 12.4. The quantitative estimate of drug-likeness (QED) is 0.874. The van der Waals surface area contributed by atoms with Crippen LogP contribution in [0.15, 0.2) is 18.2 Å². The topological polar surface area (TPSA) is 68.8 Å². The van der Waals surface area contributed by atoms with Crippen molar-refractivity contribution in [3.05, 3.63) is 23.8 Å². The summed E-state index contributed by atoms with van der Waals surface area (Å²) in [6, 6.07) is 5.76. The third kappa shape index (κ3) is 3.76. The molecule has 126 valence electrons. The van der Waals surface area contributed by atoms with Crippen molar-refractivity contribution in [2.75, 3.05) is 32.9 Å². The Balaban J connectivity index is 1.74. The zero-order valence-electron chi connectivity index (χ0n) is 13.6. The first kappa shape index (κ1) is 16.1. The van der Waals surface area contributed by atoms with Crippen molar-refractivity contribution in [1.29, 1.82) is 0 Å². The third-order valence-electron chi connectivity index (χ3n) is 4.11. The Morgan fingerprint density at radius 1 is 1.22 bits per heavy atom. The second kappa shape index (κ2) is 7.19. The van der Waals surface area contributed by atoms with Crippen LogP contribution in [0.5, 0.6) is 11.5 Å². The number of ether oxygens (including phenoxy) is 3. The summed E-state index contributed by atoms with van der Waals surface area (Å²) in [6.07, 6.45) is -0.429. The maximum Gasteiger partial charge on any atom is 0.250 e. The molecule has 0 saturated carbocycles. The van der Waals surface area contributed by atoms with Crippen molar-refractivity contribution in [2.24, 2.45) is 5.92 Å². The van der Waals surface area contributed by atoms with Crippen molar-refractivity contribution in [1.82, 2.24) is 10.6 Å². The molecule has 1 fully saturated rings. The molecule has 23 heavy (non-hydrogen) atoms. The van der Waals surface area contributed by atoms with Gasteiger partial charge in [0.1, 0.15) is 19.3 Å². The molecule has 2 aliphatic heterocycles. The van der Waals surface area contributed by atoms with Crippen LogP contribution >= 0.6 is 0 Å². The van der Waals surface area contributed by atoms with Crippen LogP contribution in [0.1, 0.15) is 25.5 Å². The Bertz CT molecular complexity index is 556. The average Bonchev–Trinajstić information content (AvgIpc) is 2.59. The first-order valence-electron chi connectivity index (χ1n) is 8.17. The summed E-state index contributed by atoms with van der Waals surface area (Å²) in [5.41, 5.74) is 1.02. The van der Waals surface area contributed by atoms with Crippen LogP contribution in [0.25, 0.3) is 0 Å². The van der Waals surface area contributed by atoms with Crippen molar-refractivity contribution in [2.45, 2.75) is 26.0 Å². The number of hydrogen-bond acceptors (Lipinski definition) is 5. The highest BCUT2D eigenvalue weighted by molar-refractivity contribution is 5.81. The van der Waals surface area contributed by atoms with E-state index in [0.717, 1.165) is 23.6 Å². The van der Waals surface area contributed by atoms with Gasteiger partial charge in [0.25, 0.3) is 5.91 Å². The van der Waals surface area contributed by atoms with Crippen molar-refractivity contribution >= 4 is 5.91 Å². The summed E-state index contributed by atoms with van der Waals surface area (Å²) in [6.45, 7) is 7.20. The number of carbonyl (C=O) groups is 1. The van der Waals surface area contributed by atoms with E-state index < -0.39 is 6.10 Å². The number of benzene rings is 1. The van der Waals surface area contributed by atoms with E-state index in [1.165, 1.54) is 0 Å². The van der Waals surface area contributed by atoms with Gasteiger partial charge in [-0.2, -0.15) is 0 Å². The molecule has 2 N–H and O–H groups in total. The maximum absolute atomic E-state index is 12.4. The fraction of sp³-hybridized carbons (Fsp3) is 0.588. The third-order valence-corrected chi connectivity index (χ3v) is 4.11. The lowest BCUT2D eigenvalue weighted by Crippen LogP contribution is -2.49. The lowest BCUT2D eigenvalue weighted by Gasteiger charge is -2.29. The van der Waals surface area contributed by atoms with E-state index in [1.807, 2.05) is 18.2 Å². The van der Waals surface area contributed by atoms with Gasteiger partial charge in [-0.15, -0.1) is 0 Å². The number of fused-ring (bicyclic) bond motifs is 1. The number of hydrogen-bond donors (Lipinski definition) is 2. The first-order chi connectivity index (χ1) is 11.1. The monoisotopic (exact) mass is 320 g/mol. The molecule has 2 aliphatic rings. The summed E-state index contributed by atoms with van der Waals surface area (Å²) < 4.78 is 16.7. The Kier molecular flexibility index (Phi) is 5.03. The smallest absolute Gasteiger partial charge is 0.250 e. The van der Waals surface area contributed by atoms with Crippen molar-refractivity contribution < 1.29 is 19.0 Å². The summed E-state index contributed by atoms with van der Waals surface area (Å²) >= 11 is 0. The summed E-state index contributed by atoms with van der Waals surface area (Å²) in [5, 5.41) is 6.29. The predicted molar refractivity (Wildman–Crippen MR) is 85.8 cm³/mol. The molecule has 1 amide bonds. The highest BCUT2D eigenvalue weighted by Gasteiger charge is 2.27. The van der Waals surface area contributed by atoms with Gasteiger partial charge in [0.15, 0.2) is 11.5 Å². The first-order valence-corrected chi connectivity index (χ1v) is 8.17. The Morgan fingerprint density at radius 2 is 2.00 bits per heavy atom. The minimum atomic E-state index is -0.429. The number of rotatable bonds is 4. The zero-order chi connectivity index (χ0) is 16.2. The second-order valence-electron chi connectivity index (χ2n) is 6.20. The lowest BCUT2D eigenvalue weighted by molar-refractivity contribution is -0.135. The fourth-order valence-corrected chi connectivity index (χ4v) is 2.87. The highest BCUT2D eigenvalue weighted by Crippen LogP contribution is 2.34. The normalized spacial score (nSPS) is 21.8. The molecule has 3 rings (SSSR count). The van der Waals surface area contributed by atoms with Crippen LogP contribution in [0.4, 0.5) is 0 Å². The Hall–Kier alpha value is -1.79. The fourth-order valence-electron chi connectivity index (χ4n) is 2.87. The number of morpholine rings is 1. The highest BCUT2D eigenvalue weighted by atomic mass is 16.6. The van der Waals surface area contributed by atoms with Gasteiger partial charge in [0.05, 0.1) is 12.6 Å². The van der Waals surface area contributed by atoms with E-state index in [2.05, 4.69) is 24.5 Å². The van der Waals surface area contributed by atoms with Crippen molar-refractivity contribution in [3.8, 4) is 11.5 Å². The average molecular weight is 320 g/mol. The SMILES string of the molecule is CC(C)C(NC(=O)C1CNCCO1)c1ccc2c(c1)OCCO2. The van der Waals surface area contributed by atoms with Gasteiger partial charge in [-0.1, -0.05) is 19.9 Å². The molecule has 0 aliphatic carbocycles. The summed E-state index contributed by atoms with van der Waals surface area (Å²) in [7, 11) is 0. The van der Waals surface area contributed by atoms with Crippen molar-refractivity contribution in [3.63, 3.8) is 0 Å². The zero-order valence-corrected chi connectivity index (χ0v) is 13.6. The summed E-state index contributed by atoms with van der Waals surface area (Å²) in [4.78, 5) is 12.4. The molecule has 0 aromatic heterocycles. The van der Waals surface area contributed by atoms with Crippen LogP contribution < -0.4 is 20.1 Å². The van der Waals surface area contributed by atoms with Crippen LogP contribution in [0.3, 0.4) is 0 Å². The number of carbonyl (C=O) groups excluding carboxylic acids is 1. The molecule has 0 bridgehead atoms. The van der Waals surface area contributed by atoms with Crippen LogP contribution in [-0.4, -0.2) is 44.9 Å². The molecule has 1 aromatic rings. The van der Waals surface area contributed by atoms with Gasteiger partial charge < -0.3 is 24.8 Å². The second-order valence-corrected chi connectivity index (χ2v) is 6.20. The van der Waals surface area contributed by atoms with Gasteiger partial charge in [0.2, 0.25) is 0 Å². The van der Waals surface area contributed by atoms with Gasteiger partial charge in [-0.3, -0.25) is 4.79 Å². The molecule has 0 radical (unpaired) electrons. The van der Waals surface area contributed by atoms with E-state index in [9.17, 15) is 4.79 Å². The lowest BCUT2D eigenvalue weighted by atomic mass is 9.95. The van der Waals surface area contributed by atoms with E-state index in [0.29, 0.717) is 26.4 Å². The van der Waals surface area contributed by atoms with E-state index in [1.54, 1.807) is 0 Å². The van der Waals surface area contributed by atoms with Crippen LogP contribution in [0.2, 0.25) is 0 Å². The molecule has 1 aromatic carbocycles. The predicted octanol–water partition coefficient (Wildman–Crippen LogP) is 1.26. The molecular weight excluding hydrogens is 296 g/mol. The molecule has 1 saturated heterocycles. The minimum Gasteiger partial charge on any atom is -0.486 e. The van der Waals surface area contributed by atoms with Gasteiger partial charge in [0, 0.05) is 13.1 Å². The standard InChI is InChI=1S/C17H24N2O4/c1-11(2)16(19-17(20)15-10-18-5-6-21-15)12-3-4-13-14(9-12)23-8-7-22-13/h3-4,9,11,15-16,18H,5-8,10H2,1-2H3,(H,19,20). The minimum absolute atomic E-state index is 0.0780. The molecular formula is C17H24N2O4. The molecule has 2 unspecified atom stereocenters. The Labute approximate surface area is 136 Å². The van der Waals surface area contributed by atoms with E-state index in [4.69, 9.17) is 14.2 Å². The molecule has 2 atom stereocenters. The van der Waals surface area contributed by atoms with Crippen LogP contribution in [0, 0.1) is 5.92 Å². The van der Waals surface area contributed by atoms with Gasteiger partial charge in [-0.05, 0) is 23.6 Å². The molecule has 2 heterocycles. The van der Waals surface area contributed by atoms with Crippen LogP contribution in [-0.2, 0) is 9.53 Å². The van der Waals surface area contributed by atoms with Gasteiger partial charge in [-0.25, -0.2) is 0 Å². The van der Waals surface area contributed by atoms with Gasteiger partial charge >= 0.3 is 0 Å². The number of nitrogens with one attached hydrogen (secondary N) is 2. The summed E-state index contributed by atoms with van der Waals surface area (Å²) in [5.74, 6) is 1.67. The van der Waals surface area contributed by atoms with E-state index in [-0.39, 0.29) is 17.9 Å².